The molecule has 0 N–H and O–H groups in total. The van der Waals surface area contributed by atoms with Crippen molar-refractivity contribution in [2.75, 3.05) is 0 Å². The quantitative estimate of drug-likeness (QED) is 0.683. The van der Waals surface area contributed by atoms with Crippen molar-refractivity contribution in [2.45, 2.75) is 25.4 Å². The molecule has 1 rings (SSSR count). The van der Waals surface area contributed by atoms with Gasteiger partial charge in [0, 0.05) is 6.42 Å². The highest BCUT2D eigenvalue weighted by atomic mass is 19.4. The number of rotatable bonds is 3. The summed E-state index contributed by atoms with van der Waals surface area (Å²) in [6.07, 6.45) is -7.36. The van der Waals surface area contributed by atoms with Gasteiger partial charge in [-0.1, -0.05) is 18.2 Å². The van der Waals surface area contributed by atoms with Crippen LogP contribution in [0.25, 0.3) is 0 Å². The first-order valence-corrected chi connectivity index (χ1v) is 4.34. The van der Waals surface area contributed by atoms with Gasteiger partial charge in [-0.15, -0.1) is 0 Å². The van der Waals surface area contributed by atoms with Gasteiger partial charge in [-0.3, -0.25) is 0 Å². The molecular weight excluding hydrogens is 215 g/mol. The molecule has 5 heteroatoms. The molecule has 1 aromatic carbocycles. The Morgan fingerprint density at radius 3 is 2.33 bits per heavy atom. The Morgan fingerprint density at radius 1 is 1.13 bits per heavy atom. The lowest BCUT2D eigenvalue weighted by Gasteiger charge is -2.08. The molecule has 0 heterocycles. The average Bonchev–Trinajstić information content (AvgIpc) is 2.14. The van der Waals surface area contributed by atoms with E-state index in [4.69, 9.17) is 0 Å². The third-order valence-electron chi connectivity index (χ3n) is 1.91. The van der Waals surface area contributed by atoms with Crippen LogP contribution in [0.3, 0.4) is 0 Å². The summed E-state index contributed by atoms with van der Waals surface area (Å²) < 4.78 is 60.3. The summed E-state index contributed by atoms with van der Waals surface area (Å²) in [5.41, 5.74) is -0.514. The Labute approximate surface area is 83.7 Å². The van der Waals surface area contributed by atoms with Crippen LogP contribution in [0.15, 0.2) is 24.3 Å². The molecule has 0 aliphatic carbocycles. The van der Waals surface area contributed by atoms with Gasteiger partial charge < -0.3 is 0 Å². The molecule has 0 amide bonds. The number of alkyl halides is 5. The maximum absolute atomic E-state index is 12.2. The summed E-state index contributed by atoms with van der Waals surface area (Å²) in [7, 11) is 0. The second-order valence-electron chi connectivity index (χ2n) is 3.13. The molecule has 0 bridgehead atoms. The fraction of sp³-hybridized carbons (Fsp3) is 0.400. The van der Waals surface area contributed by atoms with Crippen LogP contribution in [-0.2, 0) is 12.6 Å². The van der Waals surface area contributed by atoms with Crippen LogP contribution in [-0.4, -0.2) is 6.43 Å². The molecule has 15 heavy (non-hydrogen) atoms. The molecule has 0 nitrogen and oxygen atoms in total. The summed E-state index contributed by atoms with van der Waals surface area (Å²) in [4.78, 5) is 0. The zero-order valence-electron chi connectivity index (χ0n) is 7.69. The number of aryl methyl sites for hydroxylation is 1. The number of hydrogen-bond donors (Lipinski definition) is 0. The van der Waals surface area contributed by atoms with Gasteiger partial charge in [0.2, 0.25) is 6.43 Å². The first kappa shape index (κ1) is 11.9. The van der Waals surface area contributed by atoms with Gasteiger partial charge in [0.25, 0.3) is 0 Å². The SMILES string of the molecule is FC(F)CCc1cccc(C(F)(F)F)c1. The maximum Gasteiger partial charge on any atom is 0.416 e. The van der Waals surface area contributed by atoms with Crippen molar-refractivity contribution >= 4 is 0 Å². The molecule has 0 atom stereocenters. The van der Waals surface area contributed by atoms with Gasteiger partial charge in [-0.2, -0.15) is 13.2 Å². The summed E-state index contributed by atoms with van der Waals surface area (Å²) in [6.45, 7) is 0. The lowest BCUT2D eigenvalue weighted by molar-refractivity contribution is -0.137. The molecule has 0 spiro atoms. The zero-order valence-corrected chi connectivity index (χ0v) is 7.69. The first-order valence-electron chi connectivity index (χ1n) is 4.34. The van der Waals surface area contributed by atoms with Gasteiger partial charge in [-0.25, -0.2) is 8.78 Å². The van der Waals surface area contributed by atoms with E-state index in [2.05, 4.69) is 0 Å². The largest absolute Gasteiger partial charge is 0.416 e. The second kappa shape index (κ2) is 4.59. The van der Waals surface area contributed by atoms with Crippen LogP contribution < -0.4 is 0 Å². The van der Waals surface area contributed by atoms with Crippen molar-refractivity contribution in [3.63, 3.8) is 0 Å². The monoisotopic (exact) mass is 224 g/mol. The topological polar surface area (TPSA) is 0 Å². The van der Waals surface area contributed by atoms with E-state index in [1.807, 2.05) is 0 Å². The van der Waals surface area contributed by atoms with Crippen LogP contribution in [0.4, 0.5) is 22.0 Å². The third-order valence-corrected chi connectivity index (χ3v) is 1.91. The van der Waals surface area contributed by atoms with E-state index in [0.29, 0.717) is 0 Å². The van der Waals surface area contributed by atoms with Crippen LogP contribution in [0, 0.1) is 0 Å². The predicted octanol–water partition coefficient (Wildman–Crippen LogP) is 3.90. The van der Waals surface area contributed by atoms with Crippen molar-refractivity contribution in [1.29, 1.82) is 0 Å². The summed E-state index contributed by atoms with van der Waals surface area (Å²) >= 11 is 0. The van der Waals surface area contributed by atoms with Crippen molar-refractivity contribution in [3.05, 3.63) is 35.4 Å². The Morgan fingerprint density at radius 2 is 1.80 bits per heavy atom. The zero-order chi connectivity index (χ0) is 11.5. The van der Waals surface area contributed by atoms with E-state index in [9.17, 15) is 22.0 Å². The Hall–Kier alpha value is -1.13. The number of benzene rings is 1. The van der Waals surface area contributed by atoms with Crippen molar-refractivity contribution < 1.29 is 22.0 Å². The van der Waals surface area contributed by atoms with E-state index in [-0.39, 0.29) is 12.0 Å². The number of hydrogen-bond acceptors (Lipinski definition) is 0. The van der Waals surface area contributed by atoms with E-state index in [1.165, 1.54) is 12.1 Å². The maximum atomic E-state index is 12.2. The van der Waals surface area contributed by atoms with Crippen LogP contribution >= 0.6 is 0 Å². The summed E-state index contributed by atoms with van der Waals surface area (Å²) in [6, 6.07) is 4.47. The molecule has 0 fully saturated rings. The highest BCUT2D eigenvalue weighted by Gasteiger charge is 2.30. The Balaban J connectivity index is 2.75. The fourth-order valence-corrected chi connectivity index (χ4v) is 1.18. The number of halogens is 5. The van der Waals surface area contributed by atoms with Crippen molar-refractivity contribution in [1.82, 2.24) is 0 Å². The molecule has 0 radical (unpaired) electrons. The van der Waals surface area contributed by atoms with Crippen LogP contribution in [0.1, 0.15) is 17.5 Å². The molecule has 0 aliphatic heterocycles. The lowest BCUT2D eigenvalue weighted by Crippen LogP contribution is -2.05. The van der Waals surface area contributed by atoms with Gasteiger partial charge in [0.15, 0.2) is 0 Å². The molecule has 0 saturated heterocycles. The van der Waals surface area contributed by atoms with Gasteiger partial charge in [0.05, 0.1) is 5.56 Å². The molecule has 1 aromatic rings. The Kier molecular flexibility index (Phi) is 3.66. The summed E-state index contributed by atoms with van der Waals surface area (Å²) in [5, 5.41) is 0. The summed E-state index contributed by atoms with van der Waals surface area (Å²) in [5.74, 6) is 0. The first-order chi connectivity index (χ1) is 6.89. The van der Waals surface area contributed by atoms with Gasteiger partial charge >= 0.3 is 6.18 Å². The van der Waals surface area contributed by atoms with Crippen molar-refractivity contribution in [2.24, 2.45) is 0 Å². The van der Waals surface area contributed by atoms with Crippen LogP contribution in [0.5, 0.6) is 0 Å². The minimum absolute atomic E-state index is 0.0401. The molecule has 84 valence electrons. The van der Waals surface area contributed by atoms with Crippen molar-refractivity contribution in [3.8, 4) is 0 Å². The fourth-order valence-electron chi connectivity index (χ4n) is 1.18. The normalized spacial score (nSPS) is 12.1. The molecular formula is C10H9F5. The highest BCUT2D eigenvalue weighted by Crippen LogP contribution is 2.29. The third kappa shape index (κ3) is 3.85. The minimum Gasteiger partial charge on any atom is -0.211 e. The second-order valence-corrected chi connectivity index (χ2v) is 3.13. The van der Waals surface area contributed by atoms with E-state index in [0.717, 1.165) is 12.1 Å². The van der Waals surface area contributed by atoms with Gasteiger partial charge in [-0.05, 0) is 18.1 Å². The lowest BCUT2D eigenvalue weighted by atomic mass is 10.1. The predicted molar refractivity (Wildman–Crippen MR) is 45.8 cm³/mol. The van der Waals surface area contributed by atoms with E-state index < -0.39 is 24.6 Å². The molecule has 0 aromatic heterocycles. The standard InChI is InChI=1S/C10H9F5/c11-9(12)5-4-7-2-1-3-8(6-7)10(13,14)15/h1-3,6,9H,4-5H2. The molecule has 0 aliphatic rings. The minimum atomic E-state index is -4.42. The molecule has 0 unspecified atom stereocenters. The highest BCUT2D eigenvalue weighted by molar-refractivity contribution is 5.25. The van der Waals surface area contributed by atoms with E-state index in [1.54, 1.807) is 0 Å². The van der Waals surface area contributed by atoms with Crippen LogP contribution in [0.2, 0.25) is 0 Å². The smallest absolute Gasteiger partial charge is 0.211 e. The van der Waals surface area contributed by atoms with E-state index >= 15 is 0 Å². The Bertz CT molecular complexity index is 316. The average molecular weight is 224 g/mol. The molecule has 0 saturated carbocycles. The van der Waals surface area contributed by atoms with Gasteiger partial charge in [0.1, 0.15) is 0 Å².